The standard InChI is InChI=1S/C32H31N3O5/c1-2-26(22-11-5-3-6-12-22)34-29(37)21-25-24-15-9-10-16-27(24)35-31(23-13-7-4-8-14-23)32(25)40-20-19-33-28(36)17-18-30(38)39/h3-18,26H,2,19-21H2,1H3,(H,33,36)(H,34,37)(H,38,39)/b18-17-/t26-/m0/s1. The number of nitrogens with zero attached hydrogens (tertiary/aromatic N) is 1. The molecule has 0 spiro atoms. The van der Waals surface area contributed by atoms with Gasteiger partial charge in [-0.3, -0.25) is 9.59 Å². The summed E-state index contributed by atoms with van der Waals surface area (Å²) in [6.07, 6.45) is 2.52. The summed E-state index contributed by atoms with van der Waals surface area (Å²) in [6, 6.07) is 26.9. The Morgan fingerprint density at radius 3 is 2.30 bits per heavy atom. The summed E-state index contributed by atoms with van der Waals surface area (Å²) in [6.45, 7) is 2.24. The molecule has 204 valence electrons. The summed E-state index contributed by atoms with van der Waals surface area (Å²) in [7, 11) is 0. The summed E-state index contributed by atoms with van der Waals surface area (Å²) in [5, 5.41) is 15.3. The number of amides is 2. The van der Waals surface area contributed by atoms with Crippen LogP contribution in [0.5, 0.6) is 5.75 Å². The first-order valence-electron chi connectivity index (χ1n) is 13.1. The highest BCUT2D eigenvalue weighted by Gasteiger charge is 2.22. The average Bonchev–Trinajstić information content (AvgIpc) is 2.98. The average molecular weight is 538 g/mol. The van der Waals surface area contributed by atoms with E-state index in [4.69, 9.17) is 14.8 Å². The first-order chi connectivity index (χ1) is 19.5. The highest BCUT2D eigenvalue weighted by molar-refractivity contribution is 5.94. The van der Waals surface area contributed by atoms with E-state index in [0.717, 1.165) is 40.6 Å². The molecule has 0 fully saturated rings. The van der Waals surface area contributed by atoms with Gasteiger partial charge >= 0.3 is 5.97 Å². The molecule has 2 amide bonds. The van der Waals surface area contributed by atoms with Gasteiger partial charge in [-0.2, -0.15) is 0 Å². The van der Waals surface area contributed by atoms with Crippen molar-refractivity contribution in [2.75, 3.05) is 13.2 Å². The van der Waals surface area contributed by atoms with Gasteiger partial charge in [0.1, 0.15) is 18.1 Å². The maximum Gasteiger partial charge on any atom is 0.328 e. The van der Waals surface area contributed by atoms with Crippen LogP contribution in [0, 0.1) is 0 Å². The van der Waals surface area contributed by atoms with Crippen molar-refractivity contribution in [3.8, 4) is 17.0 Å². The summed E-state index contributed by atoms with van der Waals surface area (Å²) < 4.78 is 6.23. The molecule has 3 N–H and O–H groups in total. The van der Waals surface area contributed by atoms with Crippen molar-refractivity contribution in [2.24, 2.45) is 0 Å². The van der Waals surface area contributed by atoms with E-state index in [2.05, 4.69) is 10.6 Å². The third-order valence-electron chi connectivity index (χ3n) is 6.31. The van der Waals surface area contributed by atoms with E-state index in [0.29, 0.717) is 17.0 Å². The lowest BCUT2D eigenvalue weighted by Crippen LogP contribution is -2.30. The Morgan fingerprint density at radius 2 is 1.60 bits per heavy atom. The zero-order chi connectivity index (χ0) is 28.3. The number of benzene rings is 3. The summed E-state index contributed by atoms with van der Waals surface area (Å²) in [5.74, 6) is -1.44. The van der Waals surface area contributed by atoms with Gasteiger partial charge in [0.25, 0.3) is 0 Å². The molecule has 0 aliphatic carbocycles. The van der Waals surface area contributed by atoms with Gasteiger partial charge < -0.3 is 20.5 Å². The number of hydrogen-bond acceptors (Lipinski definition) is 5. The molecule has 3 aromatic carbocycles. The van der Waals surface area contributed by atoms with Crippen molar-refractivity contribution < 1.29 is 24.2 Å². The van der Waals surface area contributed by atoms with Crippen molar-refractivity contribution in [1.82, 2.24) is 15.6 Å². The normalized spacial score (nSPS) is 11.7. The molecule has 0 saturated carbocycles. The number of aromatic nitrogens is 1. The highest BCUT2D eigenvalue weighted by atomic mass is 16.5. The van der Waals surface area contributed by atoms with Gasteiger partial charge in [-0.15, -0.1) is 0 Å². The maximum absolute atomic E-state index is 13.4. The Kier molecular flexibility index (Phi) is 9.61. The van der Waals surface area contributed by atoms with E-state index in [9.17, 15) is 14.4 Å². The number of fused-ring (bicyclic) bond motifs is 1. The van der Waals surface area contributed by atoms with E-state index < -0.39 is 11.9 Å². The lowest BCUT2D eigenvalue weighted by Gasteiger charge is -2.20. The van der Waals surface area contributed by atoms with Crippen LogP contribution < -0.4 is 15.4 Å². The Bertz CT molecular complexity index is 1500. The van der Waals surface area contributed by atoms with Crippen LogP contribution in [-0.2, 0) is 20.8 Å². The van der Waals surface area contributed by atoms with E-state index in [1.165, 1.54) is 0 Å². The smallest absolute Gasteiger partial charge is 0.328 e. The third kappa shape index (κ3) is 7.32. The van der Waals surface area contributed by atoms with Gasteiger partial charge in [-0.25, -0.2) is 9.78 Å². The first-order valence-corrected chi connectivity index (χ1v) is 13.1. The van der Waals surface area contributed by atoms with Crippen molar-refractivity contribution >= 4 is 28.7 Å². The van der Waals surface area contributed by atoms with E-state index >= 15 is 0 Å². The second-order valence-electron chi connectivity index (χ2n) is 9.08. The molecule has 4 aromatic rings. The molecule has 1 aromatic heterocycles. The van der Waals surface area contributed by atoms with Crippen LogP contribution in [0.1, 0.15) is 30.5 Å². The van der Waals surface area contributed by atoms with Crippen molar-refractivity contribution in [2.45, 2.75) is 25.8 Å². The Labute approximate surface area is 232 Å². The number of rotatable bonds is 12. The van der Waals surface area contributed by atoms with Gasteiger partial charge in [0.15, 0.2) is 0 Å². The number of para-hydroxylation sites is 1. The molecule has 0 saturated heterocycles. The lowest BCUT2D eigenvalue weighted by atomic mass is 9.99. The van der Waals surface area contributed by atoms with E-state index in [1.807, 2.05) is 91.9 Å². The fourth-order valence-electron chi connectivity index (χ4n) is 4.43. The van der Waals surface area contributed by atoms with Crippen LogP contribution in [0.4, 0.5) is 0 Å². The van der Waals surface area contributed by atoms with Crippen LogP contribution in [0.25, 0.3) is 22.2 Å². The number of hydrogen-bond donors (Lipinski definition) is 3. The topological polar surface area (TPSA) is 118 Å². The molecule has 4 rings (SSSR count). The lowest BCUT2D eigenvalue weighted by molar-refractivity contribution is -0.131. The van der Waals surface area contributed by atoms with Gasteiger partial charge in [0.05, 0.1) is 24.5 Å². The molecular weight excluding hydrogens is 506 g/mol. The number of carboxylic acid groups (broad SMARTS) is 1. The molecule has 0 unspecified atom stereocenters. The second-order valence-corrected chi connectivity index (χ2v) is 9.08. The molecular formula is C32H31N3O5. The number of carbonyl (C=O) groups excluding carboxylic acids is 2. The quantitative estimate of drug-likeness (QED) is 0.176. The molecule has 1 atom stereocenters. The van der Waals surface area contributed by atoms with Crippen LogP contribution in [0.3, 0.4) is 0 Å². The van der Waals surface area contributed by atoms with E-state index in [1.54, 1.807) is 0 Å². The summed E-state index contributed by atoms with van der Waals surface area (Å²) in [4.78, 5) is 40.9. The predicted molar refractivity (Wildman–Crippen MR) is 154 cm³/mol. The fraction of sp³-hybridized carbons (Fsp3) is 0.188. The minimum absolute atomic E-state index is 0.0647. The zero-order valence-electron chi connectivity index (χ0n) is 22.2. The van der Waals surface area contributed by atoms with Gasteiger partial charge in [-0.05, 0) is 18.1 Å². The van der Waals surface area contributed by atoms with Crippen LogP contribution in [-0.4, -0.2) is 41.0 Å². The number of carboxylic acids is 1. The highest BCUT2D eigenvalue weighted by Crippen LogP contribution is 2.37. The van der Waals surface area contributed by atoms with Crippen molar-refractivity contribution in [3.05, 3.63) is 108 Å². The Morgan fingerprint density at radius 1 is 0.925 bits per heavy atom. The van der Waals surface area contributed by atoms with Gasteiger partial charge in [0, 0.05) is 28.7 Å². The number of aliphatic carboxylic acids is 1. The predicted octanol–water partition coefficient (Wildman–Crippen LogP) is 4.85. The molecule has 0 aliphatic heterocycles. The molecule has 40 heavy (non-hydrogen) atoms. The van der Waals surface area contributed by atoms with Crippen LogP contribution in [0.15, 0.2) is 97.1 Å². The fourth-order valence-corrected chi connectivity index (χ4v) is 4.43. The number of nitrogens with one attached hydrogen (secondary N) is 2. The Hall–Kier alpha value is -4.98. The van der Waals surface area contributed by atoms with Crippen molar-refractivity contribution in [3.63, 3.8) is 0 Å². The minimum atomic E-state index is -1.21. The third-order valence-corrected chi connectivity index (χ3v) is 6.31. The molecule has 0 radical (unpaired) electrons. The Balaban J connectivity index is 1.66. The number of ether oxygens (including phenoxy) is 1. The monoisotopic (exact) mass is 537 g/mol. The molecule has 0 aliphatic rings. The number of carbonyl (C=O) groups is 3. The van der Waals surface area contributed by atoms with Gasteiger partial charge in [0.2, 0.25) is 11.8 Å². The first kappa shape index (κ1) is 28.0. The maximum atomic E-state index is 13.4. The zero-order valence-corrected chi connectivity index (χ0v) is 22.2. The molecule has 8 heteroatoms. The molecule has 8 nitrogen and oxygen atoms in total. The summed E-state index contributed by atoms with van der Waals surface area (Å²) >= 11 is 0. The van der Waals surface area contributed by atoms with Crippen molar-refractivity contribution in [1.29, 1.82) is 0 Å². The number of pyridine rings is 1. The SMILES string of the molecule is CC[C@H](NC(=O)Cc1c(OCCNC(=O)/C=C\C(=O)O)c(-c2ccccc2)nc2ccccc12)c1ccccc1. The molecule has 1 heterocycles. The van der Waals surface area contributed by atoms with E-state index in [-0.39, 0.29) is 31.5 Å². The molecule has 0 bridgehead atoms. The van der Waals surface area contributed by atoms with Gasteiger partial charge in [-0.1, -0.05) is 85.8 Å². The van der Waals surface area contributed by atoms with Crippen LogP contribution in [0.2, 0.25) is 0 Å². The van der Waals surface area contributed by atoms with Crippen LogP contribution >= 0.6 is 0 Å². The largest absolute Gasteiger partial charge is 0.489 e. The summed E-state index contributed by atoms with van der Waals surface area (Å²) in [5.41, 5.74) is 3.89. The second kappa shape index (κ2) is 13.7. The minimum Gasteiger partial charge on any atom is -0.489 e.